The largest absolute Gasteiger partial charge is 0.326 e. The number of hydrogen-bond acceptors (Lipinski definition) is 5. The van der Waals surface area contributed by atoms with Crippen LogP contribution in [0, 0.1) is 6.92 Å². The number of aromatic nitrogens is 2. The molecule has 1 aromatic heterocycles. The van der Waals surface area contributed by atoms with E-state index in [2.05, 4.69) is 25.9 Å². The van der Waals surface area contributed by atoms with Crippen molar-refractivity contribution in [1.82, 2.24) is 9.97 Å². The summed E-state index contributed by atoms with van der Waals surface area (Å²) in [4.78, 5) is 44.8. The molecule has 8 nitrogen and oxygen atoms in total. The summed E-state index contributed by atoms with van der Waals surface area (Å²) < 4.78 is 0. The van der Waals surface area contributed by atoms with Gasteiger partial charge < -0.3 is 16.0 Å². The van der Waals surface area contributed by atoms with Crippen LogP contribution in [0.1, 0.15) is 23.5 Å². The summed E-state index contributed by atoms with van der Waals surface area (Å²) in [6.07, 6.45) is -0.173. The van der Waals surface area contributed by atoms with Gasteiger partial charge in [0.15, 0.2) is 0 Å². The van der Waals surface area contributed by atoms with Crippen LogP contribution in [0.2, 0.25) is 10.0 Å². The quantitative estimate of drug-likeness (QED) is 0.468. The number of nitrogens with zero attached hydrogens (tertiary/aromatic N) is 1. The Morgan fingerprint density at radius 1 is 1.10 bits per heavy atom. The van der Waals surface area contributed by atoms with E-state index in [4.69, 9.17) is 23.2 Å². The van der Waals surface area contributed by atoms with Gasteiger partial charge in [0.05, 0.1) is 11.5 Å². The minimum atomic E-state index is -0.996. The summed E-state index contributed by atoms with van der Waals surface area (Å²) >= 11 is 12.0. The van der Waals surface area contributed by atoms with Gasteiger partial charge in [-0.1, -0.05) is 29.3 Å². The molecule has 0 radical (unpaired) electrons. The zero-order valence-electron chi connectivity index (χ0n) is 16.3. The maximum Gasteiger partial charge on any atom is 0.258 e. The number of carbonyl (C=O) groups is 2. The number of halogens is 2. The molecule has 3 aromatic rings. The van der Waals surface area contributed by atoms with E-state index in [1.165, 1.54) is 0 Å². The number of carbonyl (C=O) groups excluding carboxylic acids is 2. The molecule has 0 saturated carbocycles. The van der Waals surface area contributed by atoms with Gasteiger partial charge in [0.2, 0.25) is 17.8 Å². The first kappa shape index (κ1) is 20.9. The second kappa shape index (κ2) is 8.41. The Morgan fingerprint density at radius 2 is 1.81 bits per heavy atom. The zero-order chi connectivity index (χ0) is 22.1. The maximum atomic E-state index is 12.9. The first-order valence-electron chi connectivity index (χ1n) is 9.34. The molecule has 1 aliphatic heterocycles. The Labute approximate surface area is 187 Å². The van der Waals surface area contributed by atoms with Crippen molar-refractivity contribution >= 4 is 58.2 Å². The first-order chi connectivity index (χ1) is 14.8. The van der Waals surface area contributed by atoms with E-state index in [-0.39, 0.29) is 23.8 Å². The molecule has 4 rings (SSSR count). The fourth-order valence-corrected chi connectivity index (χ4v) is 3.53. The van der Waals surface area contributed by atoms with Crippen LogP contribution in [-0.2, 0) is 9.59 Å². The van der Waals surface area contributed by atoms with Gasteiger partial charge in [-0.15, -0.1) is 0 Å². The highest BCUT2D eigenvalue weighted by atomic mass is 35.5. The van der Waals surface area contributed by atoms with Crippen molar-refractivity contribution < 1.29 is 9.59 Å². The van der Waals surface area contributed by atoms with Gasteiger partial charge in [0.1, 0.15) is 5.82 Å². The molecule has 2 heterocycles. The Kier molecular flexibility index (Phi) is 5.67. The molecule has 0 spiro atoms. The lowest BCUT2D eigenvalue weighted by molar-refractivity contribution is -0.123. The van der Waals surface area contributed by atoms with Gasteiger partial charge >= 0.3 is 0 Å². The number of aromatic amines is 1. The van der Waals surface area contributed by atoms with Crippen LogP contribution in [0.25, 0.3) is 0 Å². The van der Waals surface area contributed by atoms with E-state index in [1.807, 2.05) is 6.92 Å². The van der Waals surface area contributed by atoms with E-state index in [0.29, 0.717) is 21.4 Å². The van der Waals surface area contributed by atoms with Gasteiger partial charge in [-0.2, -0.15) is 4.98 Å². The highest BCUT2D eigenvalue weighted by Crippen LogP contribution is 2.30. The first-order valence-corrected chi connectivity index (χ1v) is 10.1. The molecule has 10 heteroatoms. The molecule has 1 atom stereocenters. The summed E-state index contributed by atoms with van der Waals surface area (Å²) in [5.74, 6) is -1.74. The number of amides is 2. The predicted octanol–water partition coefficient (Wildman–Crippen LogP) is 4.19. The molecular formula is C21H17Cl2N5O3. The lowest BCUT2D eigenvalue weighted by atomic mass is 9.92. The molecular weight excluding hydrogens is 441 g/mol. The number of anilines is 4. The van der Waals surface area contributed by atoms with Crippen LogP contribution in [0.5, 0.6) is 0 Å². The number of rotatable bonds is 4. The van der Waals surface area contributed by atoms with Crippen LogP contribution in [0.4, 0.5) is 23.1 Å². The third-order valence-corrected chi connectivity index (χ3v) is 5.47. The third kappa shape index (κ3) is 4.55. The number of fused-ring (bicyclic) bond motifs is 1. The Bertz CT molecular complexity index is 1240. The zero-order valence-corrected chi connectivity index (χ0v) is 17.8. The van der Waals surface area contributed by atoms with Gasteiger partial charge in [0, 0.05) is 27.8 Å². The minimum Gasteiger partial charge on any atom is -0.326 e. The lowest BCUT2D eigenvalue weighted by Crippen LogP contribution is -2.36. The SMILES string of the molecule is Cc1ccc(NC(=O)C2CC(=O)Nc3nc(Nc4ccc(Cl)cc4)[nH]c(=O)c32)cc1Cl. The van der Waals surface area contributed by atoms with Crippen molar-refractivity contribution in [3.63, 3.8) is 0 Å². The molecule has 31 heavy (non-hydrogen) atoms. The molecule has 2 aromatic carbocycles. The molecule has 0 fully saturated rings. The molecule has 4 N–H and O–H groups in total. The average molecular weight is 458 g/mol. The minimum absolute atomic E-state index is 0.0403. The average Bonchev–Trinajstić information content (AvgIpc) is 2.71. The van der Waals surface area contributed by atoms with Crippen LogP contribution in [0.3, 0.4) is 0 Å². The highest BCUT2D eigenvalue weighted by molar-refractivity contribution is 6.31. The smallest absolute Gasteiger partial charge is 0.258 e. The van der Waals surface area contributed by atoms with E-state index in [0.717, 1.165) is 5.56 Å². The molecule has 2 amide bonds. The van der Waals surface area contributed by atoms with Gasteiger partial charge in [-0.3, -0.25) is 19.4 Å². The molecule has 0 saturated heterocycles. The number of aryl methyl sites for hydroxylation is 1. The van der Waals surface area contributed by atoms with Crippen molar-refractivity contribution in [2.75, 3.05) is 16.0 Å². The molecule has 0 aliphatic carbocycles. The van der Waals surface area contributed by atoms with Crippen molar-refractivity contribution in [2.24, 2.45) is 0 Å². The van der Waals surface area contributed by atoms with Crippen LogP contribution in [0.15, 0.2) is 47.3 Å². The number of benzene rings is 2. The fourth-order valence-electron chi connectivity index (χ4n) is 3.22. The molecule has 1 aliphatic rings. The fraction of sp³-hybridized carbons (Fsp3) is 0.143. The normalized spacial score (nSPS) is 15.1. The summed E-state index contributed by atoms with van der Waals surface area (Å²) in [6.45, 7) is 1.84. The van der Waals surface area contributed by atoms with Crippen molar-refractivity contribution in [3.05, 3.63) is 74.0 Å². The molecule has 1 unspecified atom stereocenters. The van der Waals surface area contributed by atoms with Crippen molar-refractivity contribution in [2.45, 2.75) is 19.3 Å². The summed E-state index contributed by atoms with van der Waals surface area (Å²) in [7, 11) is 0. The monoisotopic (exact) mass is 457 g/mol. The Balaban J connectivity index is 1.63. The standard InChI is InChI=1S/C21H17Cl2N5O3/c1-10-2-5-13(8-15(10)23)24-19(30)14-9-16(29)26-18-17(14)20(31)28-21(27-18)25-12-6-3-11(22)4-7-12/h2-8,14H,9H2,1H3,(H,24,30)(H3,25,26,27,28,29,31). The van der Waals surface area contributed by atoms with Crippen LogP contribution in [-0.4, -0.2) is 21.8 Å². The lowest BCUT2D eigenvalue weighted by Gasteiger charge is -2.23. The van der Waals surface area contributed by atoms with Crippen LogP contribution < -0.4 is 21.5 Å². The van der Waals surface area contributed by atoms with Crippen LogP contribution >= 0.6 is 23.2 Å². The molecule has 0 bridgehead atoms. The number of H-pyrrole nitrogens is 1. The number of hydrogen-bond donors (Lipinski definition) is 4. The number of nitrogens with one attached hydrogen (secondary N) is 4. The van der Waals surface area contributed by atoms with E-state index in [1.54, 1.807) is 42.5 Å². The summed E-state index contributed by atoms with van der Waals surface area (Å²) in [5.41, 5.74) is 1.54. The summed E-state index contributed by atoms with van der Waals surface area (Å²) in [5, 5.41) is 9.29. The summed E-state index contributed by atoms with van der Waals surface area (Å²) in [6, 6.07) is 11.9. The highest BCUT2D eigenvalue weighted by Gasteiger charge is 2.34. The molecule has 158 valence electrons. The van der Waals surface area contributed by atoms with E-state index in [9.17, 15) is 14.4 Å². The van der Waals surface area contributed by atoms with E-state index >= 15 is 0 Å². The topological polar surface area (TPSA) is 116 Å². The second-order valence-electron chi connectivity index (χ2n) is 7.07. The Hall–Kier alpha value is -3.36. The predicted molar refractivity (Wildman–Crippen MR) is 120 cm³/mol. The van der Waals surface area contributed by atoms with Crippen molar-refractivity contribution in [3.8, 4) is 0 Å². The second-order valence-corrected chi connectivity index (χ2v) is 7.91. The maximum absolute atomic E-state index is 12.9. The van der Waals surface area contributed by atoms with E-state index < -0.39 is 23.3 Å². The van der Waals surface area contributed by atoms with Gasteiger partial charge in [-0.25, -0.2) is 0 Å². The van der Waals surface area contributed by atoms with Gasteiger partial charge in [0.25, 0.3) is 5.56 Å². The Morgan fingerprint density at radius 3 is 2.52 bits per heavy atom. The van der Waals surface area contributed by atoms with Gasteiger partial charge in [-0.05, 0) is 48.9 Å². The third-order valence-electron chi connectivity index (χ3n) is 4.81. The van der Waals surface area contributed by atoms with Crippen molar-refractivity contribution in [1.29, 1.82) is 0 Å².